The van der Waals surface area contributed by atoms with E-state index >= 15 is 0 Å². The van der Waals surface area contributed by atoms with Gasteiger partial charge in [-0.25, -0.2) is 4.39 Å². The van der Waals surface area contributed by atoms with Gasteiger partial charge in [0.05, 0.1) is 6.04 Å². The fourth-order valence-electron chi connectivity index (χ4n) is 4.30. The molecule has 0 aromatic heterocycles. The third-order valence-corrected chi connectivity index (χ3v) is 5.81. The lowest BCUT2D eigenvalue weighted by Gasteiger charge is -2.33. The molecule has 0 spiro atoms. The second-order valence-corrected chi connectivity index (χ2v) is 8.39. The van der Waals surface area contributed by atoms with Crippen molar-refractivity contribution in [1.29, 1.82) is 0 Å². The van der Waals surface area contributed by atoms with Gasteiger partial charge in [0, 0.05) is 26.1 Å². The number of nitrogens with one attached hydrogen (secondary N) is 2. The van der Waals surface area contributed by atoms with E-state index in [-0.39, 0.29) is 42.0 Å². The number of piperidine rings is 1. The molecule has 2 heterocycles. The second-order valence-electron chi connectivity index (χ2n) is 8.39. The molecule has 2 amide bonds. The summed E-state index contributed by atoms with van der Waals surface area (Å²) in [6.45, 7) is 5.10. The SMILES string of the molecule is CC(CC(=O)N1CCCC(CNC(=O)C2CCCN2)C1)Cc1cccc(F)c1.Cl. The van der Waals surface area contributed by atoms with Gasteiger partial charge in [-0.3, -0.25) is 9.59 Å². The summed E-state index contributed by atoms with van der Waals surface area (Å²) in [5.41, 5.74) is 0.931. The maximum atomic E-state index is 13.3. The van der Waals surface area contributed by atoms with Crippen LogP contribution in [0.15, 0.2) is 24.3 Å². The molecule has 7 heteroatoms. The summed E-state index contributed by atoms with van der Waals surface area (Å²) in [4.78, 5) is 26.8. The van der Waals surface area contributed by atoms with Crippen molar-refractivity contribution in [2.24, 2.45) is 11.8 Å². The van der Waals surface area contributed by atoms with Gasteiger partial charge in [0.1, 0.15) is 5.82 Å². The standard InChI is InChI=1S/C22H32FN3O2.ClH/c1-16(11-17-5-2-7-19(23)13-17)12-21(27)26-10-4-6-18(15-26)14-25-22(28)20-8-3-9-24-20;/h2,5,7,13,16,18,20,24H,3-4,6,8-12,14-15H2,1H3,(H,25,28);1H. The summed E-state index contributed by atoms with van der Waals surface area (Å²) < 4.78 is 13.3. The quantitative estimate of drug-likeness (QED) is 0.706. The normalized spacial score (nSPS) is 22.6. The highest BCUT2D eigenvalue weighted by molar-refractivity contribution is 5.85. The van der Waals surface area contributed by atoms with Gasteiger partial charge in [-0.05, 0) is 68.2 Å². The molecule has 3 atom stereocenters. The number of halogens is 2. The molecule has 1 aromatic rings. The van der Waals surface area contributed by atoms with Gasteiger partial charge in [-0.2, -0.15) is 0 Å². The average molecular weight is 426 g/mol. The van der Waals surface area contributed by atoms with E-state index in [1.807, 2.05) is 17.9 Å². The van der Waals surface area contributed by atoms with Crippen molar-refractivity contribution in [3.8, 4) is 0 Å². The maximum absolute atomic E-state index is 13.3. The highest BCUT2D eigenvalue weighted by Gasteiger charge is 2.27. The van der Waals surface area contributed by atoms with E-state index in [1.165, 1.54) is 6.07 Å². The van der Waals surface area contributed by atoms with Crippen molar-refractivity contribution >= 4 is 24.2 Å². The zero-order valence-electron chi connectivity index (χ0n) is 17.2. The fraction of sp³-hybridized carbons (Fsp3) is 0.636. The van der Waals surface area contributed by atoms with E-state index in [1.54, 1.807) is 12.1 Å². The molecular formula is C22H33ClFN3O2. The Kier molecular flexibility index (Phi) is 9.37. The molecule has 1 aromatic carbocycles. The number of amides is 2. The first kappa shape index (κ1) is 23.6. The minimum absolute atomic E-state index is 0. The van der Waals surface area contributed by atoms with Crippen molar-refractivity contribution < 1.29 is 14.0 Å². The largest absolute Gasteiger partial charge is 0.354 e. The third-order valence-electron chi connectivity index (χ3n) is 5.81. The summed E-state index contributed by atoms with van der Waals surface area (Å²) in [5, 5.41) is 6.27. The van der Waals surface area contributed by atoms with E-state index in [2.05, 4.69) is 10.6 Å². The number of benzene rings is 1. The second kappa shape index (κ2) is 11.5. The lowest BCUT2D eigenvalue weighted by atomic mass is 9.94. The summed E-state index contributed by atoms with van der Waals surface area (Å²) >= 11 is 0. The number of nitrogens with zero attached hydrogens (tertiary/aromatic N) is 1. The van der Waals surface area contributed by atoms with Crippen molar-refractivity contribution in [2.45, 2.75) is 51.5 Å². The summed E-state index contributed by atoms with van der Waals surface area (Å²) in [7, 11) is 0. The maximum Gasteiger partial charge on any atom is 0.237 e. The van der Waals surface area contributed by atoms with Gasteiger partial charge in [-0.15, -0.1) is 12.4 Å². The minimum Gasteiger partial charge on any atom is -0.354 e. The molecule has 29 heavy (non-hydrogen) atoms. The van der Waals surface area contributed by atoms with Crippen molar-refractivity contribution in [3.05, 3.63) is 35.6 Å². The Bertz CT molecular complexity index is 682. The summed E-state index contributed by atoms with van der Waals surface area (Å²) in [6, 6.07) is 6.55. The van der Waals surface area contributed by atoms with Gasteiger partial charge in [0.2, 0.25) is 11.8 Å². The van der Waals surface area contributed by atoms with Crippen LogP contribution in [0.2, 0.25) is 0 Å². The van der Waals surface area contributed by atoms with Crippen LogP contribution in [-0.2, 0) is 16.0 Å². The summed E-state index contributed by atoms with van der Waals surface area (Å²) in [5.74, 6) is 0.510. The zero-order chi connectivity index (χ0) is 19.9. The molecule has 3 unspecified atom stereocenters. The van der Waals surface area contributed by atoms with Crippen molar-refractivity contribution in [3.63, 3.8) is 0 Å². The lowest BCUT2D eigenvalue weighted by Crippen LogP contribution is -2.47. The molecule has 0 saturated carbocycles. The Morgan fingerprint density at radius 2 is 2.14 bits per heavy atom. The Morgan fingerprint density at radius 3 is 2.86 bits per heavy atom. The van der Waals surface area contributed by atoms with Gasteiger partial charge in [0.15, 0.2) is 0 Å². The highest BCUT2D eigenvalue weighted by atomic mass is 35.5. The van der Waals surface area contributed by atoms with Crippen LogP contribution in [0.4, 0.5) is 4.39 Å². The Balaban J connectivity index is 0.00000300. The van der Waals surface area contributed by atoms with Gasteiger partial charge in [-0.1, -0.05) is 19.1 Å². The number of carbonyl (C=O) groups is 2. The van der Waals surface area contributed by atoms with Gasteiger partial charge >= 0.3 is 0 Å². The van der Waals surface area contributed by atoms with Crippen LogP contribution >= 0.6 is 12.4 Å². The number of hydrogen-bond acceptors (Lipinski definition) is 3. The molecule has 162 valence electrons. The predicted molar refractivity (Wildman–Crippen MR) is 114 cm³/mol. The Morgan fingerprint density at radius 1 is 1.31 bits per heavy atom. The molecule has 2 fully saturated rings. The highest BCUT2D eigenvalue weighted by Crippen LogP contribution is 2.20. The molecule has 5 nitrogen and oxygen atoms in total. The van der Waals surface area contributed by atoms with Crippen LogP contribution < -0.4 is 10.6 Å². The van der Waals surface area contributed by atoms with Crippen molar-refractivity contribution in [1.82, 2.24) is 15.5 Å². The van der Waals surface area contributed by atoms with Crippen LogP contribution in [0.25, 0.3) is 0 Å². The molecule has 2 aliphatic heterocycles. The van der Waals surface area contributed by atoms with Crippen LogP contribution in [0.5, 0.6) is 0 Å². The zero-order valence-corrected chi connectivity index (χ0v) is 18.0. The Hall–Kier alpha value is -1.66. The Labute approximate surface area is 179 Å². The molecule has 2 saturated heterocycles. The van der Waals surface area contributed by atoms with Crippen molar-refractivity contribution in [2.75, 3.05) is 26.2 Å². The number of carbonyl (C=O) groups excluding carboxylic acids is 2. The molecule has 0 radical (unpaired) electrons. The number of likely N-dealkylation sites (tertiary alicyclic amines) is 1. The number of hydrogen-bond donors (Lipinski definition) is 2. The van der Waals surface area contributed by atoms with Crippen LogP contribution in [0, 0.1) is 17.7 Å². The molecule has 3 rings (SSSR count). The number of rotatable bonds is 7. The smallest absolute Gasteiger partial charge is 0.237 e. The van der Waals surface area contributed by atoms with E-state index in [9.17, 15) is 14.0 Å². The van der Waals surface area contributed by atoms with Crippen LogP contribution in [0.1, 0.15) is 44.6 Å². The first-order valence-electron chi connectivity index (χ1n) is 10.5. The van der Waals surface area contributed by atoms with E-state index in [0.29, 0.717) is 31.8 Å². The third kappa shape index (κ3) is 7.27. The van der Waals surface area contributed by atoms with Crippen LogP contribution in [0.3, 0.4) is 0 Å². The fourth-order valence-corrected chi connectivity index (χ4v) is 4.30. The summed E-state index contributed by atoms with van der Waals surface area (Å²) in [6.07, 6.45) is 5.15. The first-order chi connectivity index (χ1) is 13.5. The average Bonchev–Trinajstić information content (AvgIpc) is 3.21. The first-order valence-corrected chi connectivity index (χ1v) is 10.5. The van der Waals surface area contributed by atoms with Crippen LogP contribution in [-0.4, -0.2) is 48.9 Å². The van der Waals surface area contributed by atoms with Gasteiger partial charge in [0.25, 0.3) is 0 Å². The van der Waals surface area contributed by atoms with Gasteiger partial charge < -0.3 is 15.5 Å². The molecule has 2 aliphatic rings. The van der Waals surface area contributed by atoms with E-state index in [0.717, 1.165) is 44.3 Å². The van der Waals surface area contributed by atoms with E-state index in [4.69, 9.17) is 0 Å². The molecular weight excluding hydrogens is 393 g/mol. The lowest BCUT2D eigenvalue weighted by molar-refractivity contribution is -0.133. The predicted octanol–water partition coefficient (Wildman–Crippen LogP) is 2.92. The van der Waals surface area contributed by atoms with E-state index < -0.39 is 0 Å². The molecule has 0 aliphatic carbocycles. The topological polar surface area (TPSA) is 61.4 Å². The monoisotopic (exact) mass is 425 g/mol. The molecule has 0 bridgehead atoms. The molecule has 2 N–H and O–H groups in total. The minimum atomic E-state index is -0.232.